The summed E-state index contributed by atoms with van der Waals surface area (Å²) in [5.41, 5.74) is 4.63. The molecule has 1 aromatic heterocycles. The van der Waals surface area contributed by atoms with Crippen molar-refractivity contribution in [2.75, 3.05) is 23.7 Å². The lowest BCUT2D eigenvalue weighted by atomic mass is 9.93. The standard InChI is InChI=1S/C13H20Cl2N4O/c1-4-5-17-10-8(14)6-9(15)11(19-10)18-7-13(2,3)12(16)20/h6H,4-5,7H2,1-3H3,(H2,16,20)(H2,17,18,19). The molecule has 4 N–H and O–H groups in total. The molecule has 0 atom stereocenters. The van der Waals surface area contributed by atoms with E-state index >= 15 is 0 Å². The number of rotatable bonds is 7. The van der Waals surface area contributed by atoms with Crippen molar-refractivity contribution < 1.29 is 4.79 Å². The molecule has 0 fully saturated rings. The van der Waals surface area contributed by atoms with Crippen LogP contribution in [0.5, 0.6) is 0 Å². The van der Waals surface area contributed by atoms with E-state index in [4.69, 9.17) is 28.9 Å². The number of nitrogens with zero attached hydrogens (tertiary/aromatic N) is 1. The first-order valence-electron chi connectivity index (χ1n) is 6.41. The Balaban J connectivity index is 2.87. The van der Waals surface area contributed by atoms with Crippen LogP contribution in [0.4, 0.5) is 11.6 Å². The van der Waals surface area contributed by atoms with Crippen molar-refractivity contribution in [1.82, 2.24) is 4.98 Å². The Kier molecular flexibility index (Phi) is 5.89. The van der Waals surface area contributed by atoms with E-state index in [-0.39, 0.29) is 5.91 Å². The lowest BCUT2D eigenvalue weighted by Crippen LogP contribution is -2.37. The highest BCUT2D eigenvalue weighted by atomic mass is 35.5. The van der Waals surface area contributed by atoms with Crippen molar-refractivity contribution in [3.63, 3.8) is 0 Å². The van der Waals surface area contributed by atoms with Crippen LogP contribution in [0, 0.1) is 5.41 Å². The molecule has 0 bridgehead atoms. The summed E-state index contributed by atoms with van der Waals surface area (Å²) in [6, 6.07) is 1.62. The van der Waals surface area contributed by atoms with Crippen molar-refractivity contribution in [1.29, 1.82) is 0 Å². The third-order valence-corrected chi connectivity index (χ3v) is 3.41. The van der Waals surface area contributed by atoms with E-state index in [9.17, 15) is 4.79 Å². The molecule has 20 heavy (non-hydrogen) atoms. The van der Waals surface area contributed by atoms with Crippen LogP contribution in [0.1, 0.15) is 27.2 Å². The Morgan fingerprint density at radius 2 is 1.85 bits per heavy atom. The molecule has 112 valence electrons. The topological polar surface area (TPSA) is 80.0 Å². The molecule has 0 saturated carbocycles. The number of carbonyl (C=O) groups excluding carboxylic acids is 1. The Morgan fingerprint density at radius 1 is 1.30 bits per heavy atom. The van der Waals surface area contributed by atoms with Crippen LogP contribution >= 0.6 is 23.2 Å². The van der Waals surface area contributed by atoms with Crippen LogP contribution in [0.3, 0.4) is 0 Å². The first-order chi connectivity index (χ1) is 9.27. The minimum atomic E-state index is -0.693. The van der Waals surface area contributed by atoms with Gasteiger partial charge < -0.3 is 16.4 Å². The fourth-order valence-corrected chi connectivity index (χ4v) is 1.84. The molecule has 1 rings (SSSR count). The average Bonchev–Trinajstić information content (AvgIpc) is 2.36. The molecule has 7 heteroatoms. The van der Waals surface area contributed by atoms with Crippen LogP contribution in [0.25, 0.3) is 0 Å². The lowest BCUT2D eigenvalue weighted by Gasteiger charge is -2.22. The zero-order chi connectivity index (χ0) is 15.3. The summed E-state index contributed by atoms with van der Waals surface area (Å²) in [6.45, 7) is 6.65. The first-order valence-corrected chi connectivity index (χ1v) is 7.17. The molecule has 0 radical (unpaired) electrons. The van der Waals surface area contributed by atoms with E-state index in [0.717, 1.165) is 13.0 Å². The number of halogens is 2. The van der Waals surface area contributed by atoms with Crippen molar-refractivity contribution in [3.05, 3.63) is 16.1 Å². The molecule has 0 aliphatic rings. The van der Waals surface area contributed by atoms with Gasteiger partial charge in [0.1, 0.15) is 11.6 Å². The number of aromatic nitrogens is 1. The third-order valence-electron chi connectivity index (χ3n) is 2.84. The molecular weight excluding hydrogens is 299 g/mol. The lowest BCUT2D eigenvalue weighted by molar-refractivity contribution is -0.125. The van der Waals surface area contributed by atoms with Gasteiger partial charge >= 0.3 is 0 Å². The maximum Gasteiger partial charge on any atom is 0.224 e. The van der Waals surface area contributed by atoms with Gasteiger partial charge in [0.05, 0.1) is 15.5 Å². The molecule has 0 aliphatic carbocycles. The Hall–Kier alpha value is -1.20. The second-order valence-electron chi connectivity index (χ2n) is 5.18. The van der Waals surface area contributed by atoms with E-state index < -0.39 is 5.41 Å². The maximum absolute atomic E-state index is 11.3. The smallest absolute Gasteiger partial charge is 0.224 e. The highest BCUT2D eigenvalue weighted by Crippen LogP contribution is 2.30. The first kappa shape index (κ1) is 16.9. The van der Waals surface area contributed by atoms with E-state index in [0.29, 0.717) is 28.2 Å². The number of anilines is 2. The van der Waals surface area contributed by atoms with E-state index in [1.807, 2.05) is 6.92 Å². The molecule has 1 heterocycles. The van der Waals surface area contributed by atoms with Gasteiger partial charge in [-0.2, -0.15) is 0 Å². The molecule has 1 amide bonds. The van der Waals surface area contributed by atoms with Gasteiger partial charge in [-0.1, -0.05) is 30.1 Å². The average molecular weight is 319 g/mol. The molecule has 5 nitrogen and oxygen atoms in total. The van der Waals surface area contributed by atoms with Gasteiger partial charge in [-0.3, -0.25) is 4.79 Å². The van der Waals surface area contributed by atoms with Crippen molar-refractivity contribution in [2.24, 2.45) is 11.1 Å². The number of carbonyl (C=O) groups is 1. The van der Waals surface area contributed by atoms with Gasteiger partial charge in [0.25, 0.3) is 0 Å². The fraction of sp³-hybridized carbons (Fsp3) is 0.538. The SMILES string of the molecule is CCCNc1nc(NCC(C)(C)C(N)=O)c(Cl)cc1Cl. The number of amides is 1. The highest BCUT2D eigenvalue weighted by molar-refractivity contribution is 6.37. The minimum absolute atomic E-state index is 0.337. The molecule has 1 aromatic rings. The van der Waals surface area contributed by atoms with Gasteiger partial charge in [0, 0.05) is 13.1 Å². The second kappa shape index (κ2) is 6.99. The maximum atomic E-state index is 11.3. The van der Waals surface area contributed by atoms with Crippen LogP contribution < -0.4 is 16.4 Å². The predicted octanol–water partition coefficient (Wildman–Crippen LogP) is 3.13. The second-order valence-corrected chi connectivity index (χ2v) is 5.99. The summed E-state index contributed by atoms with van der Waals surface area (Å²) in [5, 5.41) is 7.01. The van der Waals surface area contributed by atoms with E-state index in [1.54, 1.807) is 19.9 Å². The summed E-state index contributed by atoms with van der Waals surface area (Å²) in [6.07, 6.45) is 0.956. The number of hydrogen-bond acceptors (Lipinski definition) is 4. The monoisotopic (exact) mass is 318 g/mol. The summed E-state index contributed by atoms with van der Waals surface area (Å²) in [5.74, 6) is 0.653. The Morgan fingerprint density at radius 3 is 2.35 bits per heavy atom. The normalized spacial score (nSPS) is 11.2. The summed E-state index contributed by atoms with van der Waals surface area (Å²) in [7, 11) is 0. The van der Waals surface area contributed by atoms with Gasteiger partial charge in [-0.15, -0.1) is 0 Å². The number of nitrogens with one attached hydrogen (secondary N) is 2. The van der Waals surface area contributed by atoms with Crippen LogP contribution in [0.2, 0.25) is 10.0 Å². The zero-order valence-corrected chi connectivity index (χ0v) is 13.4. The number of hydrogen-bond donors (Lipinski definition) is 3. The van der Waals surface area contributed by atoms with Gasteiger partial charge in [-0.25, -0.2) is 4.98 Å². The van der Waals surface area contributed by atoms with Crippen molar-refractivity contribution in [2.45, 2.75) is 27.2 Å². The predicted molar refractivity (Wildman–Crippen MR) is 84.5 cm³/mol. The number of nitrogens with two attached hydrogens (primary N) is 1. The van der Waals surface area contributed by atoms with E-state index in [1.165, 1.54) is 0 Å². The van der Waals surface area contributed by atoms with Gasteiger partial charge in [-0.05, 0) is 26.3 Å². The molecule has 0 spiro atoms. The van der Waals surface area contributed by atoms with Crippen molar-refractivity contribution >= 4 is 40.7 Å². The molecule has 0 saturated heterocycles. The Bertz CT molecular complexity index is 492. The highest BCUT2D eigenvalue weighted by Gasteiger charge is 2.25. The van der Waals surface area contributed by atoms with Crippen molar-refractivity contribution in [3.8, 4) is 0 Å². The summed E-state index contributed by atoms with van der Waals surface area (Å²) < 4.78 is 0. The van der Waals surface area contributed by atoms with Crippen LogP contribution in [-0.2, 0) is 4.79 Å². The van der Waals surface area contributed by atoms with E-state index in [2.05, 4.69) is 15.6 Å². The third kappa shape index (κ3) is 4.42. The zero-order valence-electron chi connectivity index (χ0n) is 11.9. The Labute approximate surface area is 129 Å². The quantitative estimate of drug-likeness (QED) is 0.721. The van der Waals surface area contributed by atoms with Gasteiger partial charge in [0.15, 0.2) is 0 Å². The summed E-state index contributed by atoms with van der Waals surface area (Å²) in [4.78, 5) is 15.6. The fourth-order valence-electron chi connectivity index (χ4n) is 1.35. The largest absolute Gasteiger partial charge is 0.369 e. The van der Waals surface area contributed by atoms with Gasteiger partial charge in [0.2, 0.25) is 5.91 Å². The molecular formula is C13H20Cl2N4O. The van der Waals surface area contributed by atoms with Crippen LogP contribution in [0.15, 0.2) is 6.07 Å². The molecule has 0 unspecified atom stereocenters. The molecule has 0 aliphatic heterocycles. The number of pyridine rings is 1. The summed E-state index contributed by atoms with van der Waals surface area (Å²) >= 11 is 12.2. The van der Waals surface area contributed by atoms with Crippen LogP contribution in [-0.4, -0.2) is 24.0 Å². The number of primary amides is 1. The molecule has 0 aromatic carbocycles. The minimum Gasteiger partial charge on any atom is -0.369 e.